The molecule has 2 amide bonds. The van der Waals surface area contributed by atoms with E-state index in [1.807, 2.05) is 4.90 Å². The first-order valence-corrected chi connectivity index (χ1v) is 8.08. The Bertz CT molecular complexity index is 610. The third-order valence-corrected chi connectivity index (χ3v) is 4.01. The van der Waals surface area contributed by atoms with Crippen molar-refractivity contribution in [1.82, 2.24) is 4.90 Å². The molecule has 1 aromatic rings. The third-order valence-electron chi connectivity index (χ3n) is 4.01. The second kappa shape index (κ2) is 8.44. The standard InChI is InChI=1S/C17H23N3O4/c1-2-24-17(23)12-6-8-20(9-7-12)11-15(21)19-14-5-3-4-13(10-14)16(18)22/h3-5,10,12H,2,6-9,11H2,1H3,(H2,18,22)(H,19,21). The van der Waals surface area contributed by atoms with Gasteiger partial charge in [-0.15, -0.1) is 0 Å². The van der Waals surface area contributed by atoms with E-state index in [1.165, 1.54) is 0 Å². The number of primary amides is 1. The normalized spacial score (nSPS) is 15.7. The predicted octanol–water partition coefficient (Wildman–Crippen LogP) is 0.999. The number of benzene rings is 1. The first-order chi connectivity index (χ1) is 11.5. The zero-order chi connectivity index (χ0) is 17.5. The molecule has 0 saturated carbocycles. The van der Waals surface area contributed by atoms with Crippen molar-refractivity contribution in [3.05, 3.63) is 29.8 Å². The van der Waals surface area contributed by atoms with E-state index in [4.69, 9.17) is 10.5 Å². The summed E-state index contributed by atoms with van der Waals surface area (Å²) in [6, 6.07) is 6.52. The number of piperidine rings is 1. The predicted molar refractivity (Wildman–Crippen MR) is 89.4 cm³/mol. The van der Waals surface area contributed by atoms with Gasteiger partial charge in [0, 0.05) is 11.3 Å². The van der Waals surface area contributed by atoms with Crippen LogP contribution in [0.3, 0.4) is 0 Å². The maximum absolute atomic E-state index is 12.1. The Hall–Kier alpha value is -2.41. The number of likely N-dealkylation sites (tertiary alicyclic amines) is 1. The molecule has 0 radical (unpaired) electrons. The highest BCUT2D eigenvalue weighted by Gasteiger charge is 2.26. The van der Waals surface area contributed by atoms with Crippen LogP contribution < -0.4 is 11.1 Å². The number of nitrogens with two attached hydrogens (primary N) is 1. The molecule has 1 aromatic carbocycles. The molecular formula is C17H23N3O4. The number of nitrogens with one attached hydrogen (secondary N) is 1. The van der Waals surface area contributed by atoms with Crippen LogP contribution in [-0.4, -0.2) is 48.9 Å². The molecule has 0 bridgehead atoms. The summed E-state index contributed by atoms with van der Waals surface area (Å²) >= 11 is 0. The maximum atomic E-state index is 12.1. The molecule has 7 heteroatoms. The Morgan fingerprint density at radius 3 is 2.62 bits per heavy atom. The van der Waals surface area contributed by atoms with Crippen LogP contribution in [0.4, 0.5) is 5.69 Å². The summed E-state index contributed by atoms with van der Waals surface area (Å²) in [6.07, 6.45) is 1.40. The molecule has 0 aromatic heterocycles. The van der Waals surface area contributed by atoms with Crippen molar-refractivity contribution in [2.75, 3.05) is 31.6 Å². The van der Waals surface area contributed by atoms with Crippen molar-refractivity contribution in [3.63, 3.8) is 0 Å². The van der Waals surface area contributed by atoms with E-state index in [-0.39, 0.29) is 24.3 Å². The number of nitrogens with zero attached hydrogens (tertiary/aromatic N) is 1. The SMILES string of the molecule is CCOC(=O)C1CCN(CC(=O)Nc2cccc(C(N)=O)c2)CC1. The van der Waals surface area contributed by atoms with Gasteiger partial charge in [-0.05, 0) is 51.1 Å². The monoisotopic (exact) mass is 333 g/mol. The van der Waals surface area contributed by atoms with Gasteiger partial charge in [-0.25, -0.2) is 0 Å². The number of amides is 2. The van der Waals surface area contributed by atoms with Gasteiger partial charge in [0.25, 0.3) is 0 Å². The van der Waals surface area contributed by atoms with Crippen molar-refractivity contribution < 1.29 is 19.1 Å². The highest BCUT2D eigenvalue weighted by Crippen LogP contribution is 2.18. The molecule has 1 saturated heterocycles. The summed E-state index contributed by atoms with van der Waals surface area (Å²) in [4.78, 5) is 37.0. The fourth-order valence-corrected chi connectivity index (χ4v) is 2.74. The number of esters is 1. The molecule has 1 heterocycles. The molecule has 130 valence electrons. The van der Waals surface area contributed by atoms with E-state index in [0.29, 0.717) is 43.8 Å². The molecule has 0 unspecified atom stereocenters. The van der Waals surface area contributed by atoms with Gasteiger partial charge in [-0.2, -0.15) is 0 Å². The average Bonchev–Trinajstić information content (AvgIpc) is 2.55. The maximum Gasteiger partial charge on any atom is 0.309 e. The number of hydrogen-bond acceptors (Lipinski definition) is 5. The van der Waals surface area contributed by atoms with Gasteiger partial charge in [-0.3, -0.25) is 19.3 Å². The van der Waals surface area contributed by atoms with Crippen LogP contribution in [0.5, 0.6) is 0 Å². The summed E-state index contributed by atoms with van der Waals surface area (Å²) in [7, 11) is 0. The van der Waals surface area contributed by atoms with Crippen molar-refractivity contribution >= 4 is 23.5 Å². The van der Waals surface area contributed by atoms with E-state index in [9.17, 15) is 14.4 Å². The van der Waals surface area contributed by atoms with Gasteiger partial charge < -0.3 is 15.8 Å². The minimum absolute atomic E-state index is 0.0727. The summed E-state index contributed by atoms with van der Waals surface area (Å²) in [5.74, 6) is -0.917. The van der Waals surface area contributed by atoms with E-state index >= 15 is 0 Å². The zero-order valence-corrected chi connectivity index (χ0v) is 13.8. The van der Waals surface area contributed by atoms with E-state index in [1.54, 1.807) is 31.2 Å². The van der Waals surface area contributed by atoms with E-state index in [2.05, 4.69) is 5.32 Å². The van der Waals surface area contributed by atoms with Crippen molar-refractivity contribution in [3.8, 4) is 0 Å². The first kappa shape index (κ1) is 17.9. The van der Waals surface area contributed by atoms with Gasteiger partial charge in [-0.1, -0.05) is 6.07 Å². The molecule has 0 atom stereocenters. The van der Waals surface area contributed by atoms with Crippen LogP contribution >= 0.6 is 0 Å². The minimum Gasteiger partial charge on any atom is -0.466 e. The number of ether oxygens (including phenoxy) is 1. The van der Waals surface area contributed by atoms with Crippen LogP contribution in [0.2, 0.25) is 0 Å². The Kier molecular flexibility index (Phi) is 6.31. The molecular weight excluding hydrogens is 310 g/mol. The van der Waals surface area contributed by atoms with Gasteiger partial charge in [0.05, 0.1) is 19.1 Å². The summed E-state index contributed by atoms with van der Waals surface area (Å²) in [6.45, 7) is 3.79. The first-order valence-electron chi connectivity index (χ1n) is 8.08. The summed E-state index contributed by atoms with van der Waals surface area (Å²) in [5.41, 5.74) is 6.11. The van der Waals surface area contributed by atoms with Crippen molar-refractivity contribution in [2.45, 2.75) is 19.8 Å². The Morgan fingerprint density at radius 2 is 2.00 bits per heavy atom. The molecule has 1 fully saturated rings. The second-order valence-corrected chi connectivity index (χ2v) is 5.80. The third kappa shape index (κ3) is 5.06. The smallest absolute Gasteiger partial charge is 0.309 e. The Morgan fingerprint density at radius 1 is 1.29 bits per heavy atom. The molecule has 1 aliphatic rings. The highest BCUT2D eigenvalue weighted by atomic mass is 16.5. The second-order valence-electron chi connectivity index (χ2n) is 5.80. The fourth-order valence-electron chi connectivity index (χ4n) is 2.74. The Balaban J connectivity index is 1.80. The van der Waals surface area contributed by atoms with Gasteiger partial charge in [0.1, 0.15) is 0 Å². The molecule has 0 spiro atoms. The van der Waals surface area contributed by atoms with Crippen molar-refractivity contribution in [1.29, 1.82) is 0 Å². The lowest BCUT2D eigenvalue weighted by Crippen LogP contribution is -2.41. The molecule has 1 aliphatic heterocycles. The van der Waals surface area contributed by atoms with Crippen LogP contribution in [-0.2, 0) is 14.3 Å². The van der Waals surface area contributed by atoms with Crippen molar-refractivity contribution in [2.24, 2.45) is 11.7 Å². The summed E-state index contributed by atoms with van der Waals surface area (Å²) in [5, 5.41) is 2.76. The fraction of sp³-hybridized carbons (Fsp3) is 0.471. The molecule has 2 rings (SSSR count). The Labute approximate surface area is 141 Å². The molecule has 0 aliphatic carbocycles. The number of anilines is 1. The lowest BCUT2D eigenvalue weighted by atomic mass is 9.97. The topological polar surface area (TPSA) is 102 Å². The van der Waals surface area contributed by atoms with Gasteiger partial charge in [0.2, 0.25) is 11.8 Å². The average molecular weight is 333 g/mol. The highest BCUT2D eigenvalue weighted by molar-refractivity contribution is 5.96. The number of carbonyl (C=O) groups is 3. The quantitative estimate of drug-likeness (QED) is 0.756. The summed E-state index contributed by atoms with van der Waals surface area (Å²) < 4.78 is 5.03. The van der Waals surface area contributed by atoms with Crippen LogP contribution in [0, 0.1) is 5.92 Å². The zero-order valence-electron chi connectivity index (χ0n) is 13.8. The minimum atomic E-state index is -0.535. The van der Waals surface area contributed by atoms with E-state index < -0.39 is 5.91 Å². The molecule has 3 N–H and O–H groups in total. The van der Waals surface area contributed by atoms with Crippen LogP contribution in [0.1, 0.15) is 30.1 Å². The number of hydrogen-bond donors (Lipinski definition) is 2. The van der Waals surface area contributed by atoms with E-state index in [0.717, 1.165) is 0 Å². The lowest BCUT2D eigenvalue weighted by Gasteiger charge is -2.30. The number of carbonyl (C=O) groups excluding carboxylic acids is 3. The lowest BCUT2D eigenvalue weighted by molar-refractivity contribution is -0.149. The van der Waals surface area contributed by atoms with Gasteiger partial charge >= 0.3 is 5.97 Å². The van der Waals surface area contributed by atoms with Gasteiger partial charge in [0.15, 0.2) is 0 Å². The largest absolute Gasteiger partial charge is 0.466 e. The van der Waals surface area contributed by atoms with Crippen LogP contribution in [0.15, 0.2) is 24.3 Å². The number of rotatable bonds is 6. The molecule has 24 heavy (non-hydrogen) atoms. The molecule has 7 nitrogen and oxygen atoms in total. The van der Waals surface area contributed by atoms with Crippen LogP contribution in [0.25, 0.3) is 0 Å².